The summed E-state index contributed by atoms with van der Waals surface area (Å²) in [6, 6.07) is 0. The Morgan fingerprint density at radius 3 is 2.41 bits per heavy atom. The first kappa shape index (κ1) is 14.7. The summed E-state index contributed by atoms with van der Waals surface area (Å²) in [5, 5.41) is -0.373. The molecular weight excluding hydrogens is 327 g/mol. The van der Waals surface area contributed by atoms with E-state index >= 15 is 0 Å². The first-order valence-corrected chi connectivity index (χ1v) is 7.25. The van der Waals surface area contributed by atoms with E-state index in [1.165, 1.54) is 12.2 Å². The van der Waals surface area contributed by atoms with E-state index in [1.807, 2.05) is 0 Å². The molecule has 0 aromatic heterocycles. The maximum Gasteiger partial charge on any atom is 0.525 e. The van der Waals surface area contributed by atoms with Gasteiger partial charge in [0, 0.05) is 11.1 Å². The Kier molecular flexibility index (Phi) is 2.94. The number of allylic oxidation sites excluding steroid dienone is 4. The van der Waals surface area contributed by atoms with Crippen LogP contribution in [0, 0.1) is 0 Å². The molecule has 0 saturated heterocycles. The number of nitrogens with zero attached hydrogens (tertiary/aromatic N) is 1. The fourth-order valence-electron chi connectivity index (χ4n) is 2.21. The molecule has 0 aromatic carbocycles. The van der Waals surface area contributed by atoms with E-state index < -0.39 is 27.4 Å². The highest BCUT2D eigenvalue weighted by atomic mass is 32.2. The molecule has 10 heteroatoms. The van der Waals surface area contributed by atoms with E-state index in [-0.39, 0.29) is 22.6 Å². The highest BCUT2D eigenvalue weighted by molar-refractivity contribution is 7.87. The van der Waals surface area contributed by atoms with Crippen LogP contribution in [0.1, 0.15) is 6.42 Å². The van der Waals surface area contributed by atoms with Crippen LogP contribution in [0.2, 0.25) is 0 Å². The molecule has 2 amide bonds. The van der Waals surface area contributed by atoms with E-state index in [4.69, 9.17) is 0 Å². The largest absolute Gasteiger partial charge is 0.525 e. The van der Waals surface area contributed by atoms with Gasteiger partial charge in [-0.15, -0.1) is 9.35 Å². The van der Waals surface area contributed by atoms with Gasteiger partial charge in [-0.2, -0.15) is 21.6 Å². The fourth-order valence-corrected chi connectivity index (χ4v) is 2.63. The molecule has 0 spiro atoms. The van der Waals surface area contributed by atoms with Crippen LogP contribution in [-0.4, -0.2) is 30.8 Å². The number of rotatable bonds is 2. The zero-order valence-corrected chi connectivity index (χ0v) is 11.4. The first-order valence-electron chi connectivity index (χ1n) is 5.84. The summed E-state index contributed by atoms with van der Waals surface area (Å²) in [5.41, 5.74) is -4.72. The van der Waals surface area contributed by atoms with Crippen LogP contribution in [0.25, 0.3) is 0 Å². The van der Waals surface area contributed by atoms with Crippen LogP contribution >= 0.6 is 0 Å². The Hall–Kier alpha value is -2.20. The lowest BCUT2D eigenvalue weighted by Gasteiger charge is -2.31. The number of halogens is 3. The van der Waals surface area contributed by atoms with Gasteiger partial charge in [0.05, 0.1) is 0 Å². The van der Waals surface area contributed by atoms with Crippen molar-refractivity contribution >= 4 is 21.9 Å². The molecule has 6 nitrogen and oxygen atoms in total. The predicted molar refractivity (Wildman–Crippen MR) is 64.9 cm³/mol. The quantitative estimate of drug-likeness (QED) is 0.561. The smallest absolute Gasteiger partial charge is 0.266 e. The van der Waals surface area contributed by atoms with E-state index in [2.05, 4.69) is 4.28 Å². The lowest BCUT2D eigenvalue weighted by Crippen LogP contribution is -2.46. The monoisotopic (exact) mass is 333 g/mol. The number of hydroxylamine groups is 2. The molecule has 0 saturated carbocycles. The SMILES string of the molecule is O=C1C2=CC=C3C=CC(=C2C3)C(=O)N1OS(=O)(=O)C(F)(F)F. The van der Waals surface area contributed by atoms with E-state index in [0.717, 1.165) is 5.57 Å². The molecule has 22 heavy (non-hydrogen) atoms. The highest BCUT2D eigenvalue weighted by Gasteiger charge is 2.52. The molecule has 2 aliphatic carbocycles. The average molecular weight is 333 g/mol. The molecular formula is C12H6F3NO5S. The lowest BCUT2D eigenvalue weighted by atomic mass is 9.82. The van der Waals surface area contributed by atoms with Crippen molar-refractivity contribution in [2.75, 3.05) is 0 Å². The van der Waals surface area contributed by atoms with Crippen LogP contribution < -0.4 is 0 Å². The average Bonchev–Trinajstić information content (AvgIpc) is 2.42. The van der Waals surface area contributed by atoms with Crippen LogP contribution in [0.3, 0.4) is 0 Å². The maximum absolute atomic E-state index is 12.4. The Balaban J connectivity index is 2.05. The van der Waals surface area contributed by atoms with E-state index in [1.54, 1.807) is 12.2 Å². The minimum atomic E-state index is -6.12. The first-order chi connectivity index (χ1) is 10.1. The van der Waals surface area contributed by atoms with Crippen LogP contribution in [0.15, 0.2) is 46.6 Å². The van der Waals surface area contributed by atoms with Crippen molar-refractivity contribution in [2.24, 2.45) is 0 Å². The van der Waals surface area contributed by atoms with Gasteiger partial charge in [-0.25, -0.2) is 0 Å². The Bertz CT molecular complexity index is 829. The van der Waals surface area contributed by atoms with Crippen LogP contribution in [0.5, 0.6) is 0 Å². The third kappa shape index (κ3) is 2.03. The molecule has 0 fully saturated rings. The molecule has 0 radical (unpaired) electrons. The summed E-state index contributed by atoms with van der Waals surface area (Å²) in [7, 11) is -6.12. The molecule has 3 aliphatic rings. The molecule has 116 valence electrons. The molecule has 1 heterocycles. The highest BCUT2D eigenvalue weighted by Crippen LogP contribution is 2.38. The van der Waals surface area contributed by atoms with Crippen molar-refractivity contribution in [3.63, 3.8) is 0 Å². The van der Waals surface area contributed by atoms with Gasteiger partial charge in [-0.1, -0.05) is 12.2 Å². The number of hydrogen-bond acceptors (Lipinski definition) is 5. The number of amides is 2. The van der Waals surface area contributed by atoms with Gasteiger partial charge in [-0.05, 0) is 29.7 Å². The minimum absolute atomic E-state index is 0.0694. The van der Waals surface area contributed by atoms with Crippen molar-refractivity contribution in [2.45, 2.75) is 11.9 Å². The Morgan fingerprint density at radius 1 is 1.09 bits per heavy atom. The molecule has 3 rings (SSSR count). The summed E-state index contributed by atoms with van der Waals surface area (Å²) < 4.78 is 62.8. The normalized spacial score (nSPS) is 21.1. The second kappa shape index (κ2) is 4.40. The maximum atomic E-state index is 12.4. The van der Waals surface area contributed by atoms with Gasteiger partial charge >= 0.3 is 15.6 Å². The van der Waals surface area contributed by atoms with Gasteiger partial charge in [0.2, 0.25) is 0 Å². The van der Waals surface area contributed by atoms with Crippen molar-refractivity contribution in [1.29, 1.82) is 0 Å². The van der Waals surface area contributed by atoms with Gasteiger partial charge in [0.15, 0.2) is 0 Å². The standard InChI is InChI=1S/C12H6F3NO5S/c13-12(14,15)22(19,20)21-16-10(17)7-3-1-6-2-4-8(11(16)18)9(7)5-6/h1-4H,5H2. The van der Waals surface area contributed by atoms with Gasteiger partial charge in [-0.3, -0.25) is 9.59 Å². The van der Waals surface area contributed by atoms with Crippen molar-refractivity contribution in [3.05, 3.63) is 46.6 Å². The number of carbonyl (C=O) groups is 2. The molecule has 0 unspecified atom stereocenters. The van der Waals surface area contributed by atoms with Crippen molar-refractivity contribution < 1.29 is 35.5 Å². The van der Waals surface area contributed by atoms with Crippen molar-refractivity contribution in [3.8, 4) is 0 Å². The van der Waals surface area contributed by atoms with Gasteiger partial charge in [0.1, 0.15) is 0 Å². The van der Waals surface area contributed by atoms with E-state index in [9.17, 15) is 31.2 Å². The third-order valence-corrected chi connectivity index (χ3v) is 4.16. The minimum Gasteiger partial charge on any atom is -0.266 e. The van der Waals surface area contributed by atoms with Crippen LogP contribution in [0.4, 0.5) is 13.2 Å². The molecule has 2 bridgehead atoms. The summed E-state index contributed by atoms with van der Waals surface area (Å²) in [6.07, 6.45) is 5.99. The summed E-state index contributed by atoms with van der Waals surface area (Å²) in [5.74, 6) is -2.50. The summed E-state index contributed by atoms with van der Waals surface area (Å²) >= 11 is 0. The second-order valence-electron chi connectivity index (χ2n) is 4.60. The Morgan fingerprint density at radius 2 is 1.77 bits per heavy atom. The number of fused-ring (bicyclic) bond motifs is 1. The van der Waals surface area contributed by atoms with Gasteiger partial charge < -0.3 is 0 Å². The molecule has 0 aromatic rings. The number of hydrogen-bond donors (Lipinski definition) is 0. The summed E-state index contributed by atoms with van der Waals surface area (Å²) in [6.45, 7) is 0. The van der Waals surface area contributed by atoms with E-state index in [0.29, 0.717) is 5.57 Å². The summed E-state index contributed by atoms with van der Waals surface area (Å²) in [4.78, 5) is 24.1. The number of alkyl halides is 3. The number of imide groups is 1. The number of carbonyl (C=O) groups excluding carboxylic acids is 2. The molecule has 1 aliphatic heterocycles. The zero-order chi connectivity index (χ0) is 16.3. The fraction of sp³-hybridized carbons (Fsp3) is 0.167. The predicted octanol–water partition coefficient (Wildman–Crippen LogP) is 1.26. The van der Waals surface area contributed by atoms with Gasteiger partial charge in [0.25, 0.3) is 11.8 Å². The van der Waals surface area contributed by atoms with Crippen LogP contribution in [-0.2, 0) is 24.0 Å². The second-order valence-corrected chi connectivity index (χ2v) is 6.12. The molecule has 0 atom stereocenters. The lowest BCUT2D eigenvalue weighted by molar-refractivity contribution is -0.169. The van der Waals surface area contributed by atoms with Crippen molar-refractivity contribution in [1.82, 2.24) is 5.06 Å². The Labute approximate surface area is 121 Å². The zero-order valence-electron chi connectivity index (χ0n) is 10.5. The molecule has 0 N–H and O–H groups in total. The topological polar surface area (TPSA) is 80.8 Å². The third-order valence-electron chi connectivity index (χ3n) is 3.25.